The maximum atomic E-state index is 10.2. The number of hydrogen-bond donors (Lipinski definition) is 3. The molecule has 5 rings (SSSR count). The van der Waals surface area contributed by atoms with Gasteiger partial charge in [0, 0.05) is 30.2 Å². The molecule has 10 nitrogen and oxygen atoms in total. The lowest BCUT2D eigenvalue weighted by Crippen LogP contribution is -2.19. The number of ether oxygens (including phenoxy) is 2. The van der Waals surface area contributed by atoms with Crippen LogP contribution in [0, 0.1) is 6.92 Å². The summed E-state index contributed by atoms with van der Waals surface area (Å²) in [6.45, 7) is 9.78. The van der Waals surface area contributed by atoms with E-state index in [9.17, 15) is 5.11 Å². The molecule has 4 N–H and O–H groups in total. The second kappa shape index (κ2) is 11.0. The lowest BCUT2D eigenvalue weighted by Gasteiger charge is -2.15. The number of aliphatic hydroxyl groups excluding tert-OH is 1. The van der Waals surface area contributed by atoms with Crippen LogP contribution in [0.5, 0.6) is 17.5 Å². The Balaban J connectivity index is 1.64. The normalized spacial score (nSPS) is 11.8. The number of nitrogen functional groups attached to an aromatic ring is 1. The standard InChI is InChI=1S/C30H31N7O3/c1-6-39-23-15-20(9-12-22(23)40-30-32-14-13-18(4)35-30)24-25-27(31)33-16-34-28(25)37(5)26(24)19-7-10-21(11-8-19)36-29(38)17(2)3/h7-16,29,36,38H,2,6H2,1,3-5H3,(H2,31,33,34). The highest BCUT2D eigenvalue weighted by molar-refractivity contribution is 6.08. The van der Waals surface area contributed by atoms with Gasteiger partial charge in [-0.15, -0.1) is 0 Å². The first-order valence-electron chi connectivity index (χ1n) is 12.8. The van der Waals surface area contributed by atoms with E-state index >= 15 is 0 Å². The van der Waals surface area contributed by atoms with Gasteiger partial charge in [-0.25, -0.2) is 19.9 Å². The second-order valence-corrected chi connectivity index (χ2v) is 9.39. The predicted molar refractivity (Wildman–Crippen MR) is 156 cm³/mol. The maximum Gasteiger partial charge on any atom is 0.322 e. The highest BCUT2D eigenvalue weighted by Crippen LogP contribution is 2.44. The number of anilines is 2. The third-order valence-electron chi connectivity index (χ3n) is 6.43. The highest BCUT2D eigenvalue weighted by atomic mass is 16.5. The fourth-order valence-corrected chi connectivity index (χ4v) is 4.49. The molecular formula is C30H31N7O3. The molecule has 0 aliphatic carbocycles. The second-order valence-electron chi connectivity index (χ2n) is 9.39. The SMILES string of the molecule is C=C(C)C(O)Nc1ccc(-c2c(-c3ccc(Oc4nccc(C)n4)c(OCC)c3)c3c(N)ncnc3n2C)cc1. The van der Waals surface area contributed by atoms with Gasteiger partial charge < -0.3 is 30.2 Å². The monoisotopic (exact) mass is 537 g/mol. The van der Waals surface area contributed by atoms with Crippen LogP contribution in [0.3, 0.4) is 0 Å². The number of aryl methyl sites for hydroxylation is 2. The van der Waals surface area contributed by atoms with Crippen LogP contribution in [0.15, 0.2) is 73.2 Å². The molecule has 0 spiro atoms. The number of nitrogens with zero attached hydrogens (tertiary/aromatic N) is 5. The zero-order valence-electron chi connectivity index (χ0n) is 22.8. The van der Waals surface area contributed by atoms with E-state index in [2.05, 4.69) is 31.8 Å². The molecule has 0 aliphatic rings. The minimum Gasteiger partial charge on any atom is -0.490 e. The summed E-state index contributed by atoms with van der Waals surface area (Å²) < 4.78 is 14.0. The Morgan fingerprint density at radius 2 is 1.82 bits per heavy atom. The van der Waals surface area contributed by atoms with Crippen molar-refractivity contribution in [3.8, 4) is 39.9 Å². The van der Waals surface area contributed by atoms with Gasteiger partial charge in [-0.1, -0.05) is 24.8 Å². The average Bonchev–Trinajstić information content (AvgIpc) is 3.23. The summed E-state index contributed by atoms with van der Waals surface area (Å²) in [5.74, 6) is 1.40. The minimum absolute atomic E-state index is 0.239. The first kappa shape index (κ1) is 26.6. The minimum atomic E-state index is -0.836. The first-order valence-corrected chi connectivity index (χ1v) is 12.8. The molecule has 204 valence electrons. The van der Waals surface area contributed by atoms with Gasteiger partial charge in [-0.05, 0) is 67.8 Å². The number of aromatic nitrogens is 5. The lowest BCUT2D eigenvalue weighted by molar-refractivity contribution is 0.240. The molecule has 5 aromatic rings. The number of fused-ring (bicyclic) bond motifs is 1. The van der Waals surface area contributed by atoms with Crippen molar-refractivity contribution in [2.45, 2.75) is 27.0 Å². The van der Waals surface area contributed by atoms with Crippen LogP contribution < -0.4 is 20.5 Å². The Morgan fingerprint density at radius 3 is 2.52 bits per heavy atom. The van der Waals surface area contributed by atoms with Crippen molar-refractivity contribution >= 4 is 22.5 Å². The summed E-state index contributed by atoms with van der Waals surface area (Å²) in [5, 5.41) is 13.9. The van der Waals surface area contributed by atoms with Crippen molar-refractivity contribution in [1.82, 2.24) is 24.5 Å². The van der Waals surface area contributed by atoms with Crippen molar-refractivity contribution in [3.63, 3.8) is 0 Å². The Labute approximate surface area is 232 Å². The van der Waals surface area contributed by atoms with Gasteiger partial charge in [0.1, 0.15) is 24.0 Å². The number of rotatable bonds is 9. The third kappa shape index (κ3) is 5.16. The van der Waals surface area contributed by atoms with E-state index in [1.165, 1.54) is 6.33 Å². The average molecular weight is 538 g/mol. The van der Waals surface area contributed by atoms with Crippen LogP contribution in [0.1, 0.15) is 19.5 Å². The molecule has 2 aromatic carbocycles. The van der Waals surface area contributed by atoms with E-state index in [0.29, 0.717) is 35.1 Å². The highest BCUT2D eigenvalue weighted by Gasteiger charge is 2.23. The molecule has 1 atom stereocenters. The van der Waals surface area contributed by atoms with E-state index in [1.54, 1.807) is 19.2 Å². The van der Waals surface area contributed by atoms with E-state index in [4.69, 9.17) is 15.2 Å². The van der Waals surface area contributed by atoms with Gasteiger partial charge in [0.2, 0.25) is 0 Å². The summed E-state index contributed by atoms with van der Waals surface area (Å²) in [6.07, 6.45) is 2.27. The molecule has 0 bridgehead atoms. The molecule has 0 fully saturated rings. The smallest absolute Gasteiger partial charge is 0.322 e. The molecule has 10 heteroatoms. The number of aliphatic hydroxyl groups is 1. The predicted octanol–water partition coefficient (Wildman–Crippen LogP) is 5.48. The maximum absolute atomic E-state index is 10.2. The van der Waals surface area contributed by atoms with Crippen LogP contribution in [0.2, 0.25) is 0 Å². The molecule has 0 aliphatic heterocycles. The molecule has 3 heterocycles. The summed E-state index contributed by atoms with van der Waals surface area (Å²) in [7, 11) is 1.95. The van der Waals surface area contributed by atoms with Crippen LogP contribution in [-0.2, 0) is 7.05 Å². The third-order valence-corrected chi connectivity index (χ3v) is 6.43. The molecule has 0 amide bonds. The van der Waals surface area contributed by atoms with Crippen LogP contribution in [-0.4, -0.2) is 42.4 Å². The Bertz CT molecular complexity index is 1700. The van der Waals surface area contributed by atoms with E-state index in [-0.39, 0.29) is 6.01 Å². The van der Waals surface area contributed by atoms with Crippen molar-refractivity contribution in [2.24, 2.45) is 7.05 Å². The van der Waals surface area contributed by atoms with Gasteiger partial charge in [0.05, 0.1) is 17.7 Å². The quantitative estimate of drug-likeness (QED) is 0.165. The number of benzene rings is 2. The topological polar surface area (TPSA) is 133 Å². The Morgan fingerprint density at radius 1 is 1.07 bits per heavy atom. The van der Waals surface area contributed by atoms with Crippen molar-refractivity contribution in [3.05, 3.63) is 78.9 Å². The van der Waals surface area contributed by atoms with Crippen molar-refractivity contribution in [1.29, 1.82) is 0 Å². The van der Waals surface area contributed by atoms with Crippen molar-refractivity contribution < 1.29 is 14.6 Å². The van der Waals surface area contributed by atoms with E-state index in [0.717, 1.165) is 39.2 Å². The lowest BCUT2D eigenvalue weighted by atomic mass is 9.98. The summed E-state index contributed by atoms with van der Waals surface area (Å²) in [4.78, 5) is 17.4. The van der Waals surface area contributed by atoms with Crippen LogP contribution in [0.4, 0.5) is 11.5 Å². The number of nitrogens with two attached hydrogens (primary N) is 1. The van der Waals surface area contributed by atoms with Crippen molar-refractivity contribution in [2.75, 3.05) is 17.7 Å². The zero-order chi connectivity index (χ0) is 28.4. The molecule has 0 radical (unpaired) electrons. The molecule has 0 saturated heterocycles. The molecule has 40 heavy (non-hydrogen) atoms. The van der Waals surface area contributed by atoms with Gasteiger partial charge >= 0.3 is 6.01 Å². The molecule has 0 saturated carbocycles. The van der Waals surface area contributed by atoms with Gasteiger partial charge in [0.25, 0.3) is 0 Å². The van der Waals surface area contributed by atoms with Gasteiger partial charge in [0.15, 0.2) is 11.5 Å². The fourth-order valence-electron chi connectivity index (χ4n) is 4.49. The largest absolute Gasteiger partial charge is 0.490 e. The Hall–Kier alpha value is -4.96. The fraction of sp³-hybridized carbons (Fsp3) is 0.200. The summed E-state index contributed by atoms with van der Waals surface area (Å²) in [5.41, 5.74) is 12.8. The summed E-state index contributed by atoms with van der Waals surface area (Å²) >= 11 is 0. The van der Waals surface area contributed by atoms with E-state index in [1.807, 2.05) is 67.9 Å². The number of hydrogen-bond acceptors (Lipinski definition) is 9. The van der Waals surface area contributed by atoms with E-state index < -0.39 is 6.23 Å². The molecule has 1 unspecified atom stereocenters. The molecule has 3 aromatic heterocycles. The van der Waals surface area contributed by atoms with Gasteiger partial charge in [-0.2, -0.15) is 0 Å². The molecular weight excluding hydrogens is 506 g/mol. The van der Waals surface area contributed by atoms with Crippen LogP contribution in [0.25, 0.3) is 33.4 Å². The van der Waals surface area contributed by atoms with Gasteiger partial charge in [-0.3, -0.25) is 0 Å². The Kier molecular flexibility index (Phi) is 7.35. The number of nitrogens with one attached hydrogen (secondary N) is 1. The first-order chi connectivity index (χ1) is 19.3. The summed E-state index contributed by atoms with van der Waals surface area (Å²) in [6, 6.07) is 15.5. The zero-order valence-corrected chi connectivity index (χ0v) is 22.8. The van der Waals surface area contributed by atoms with Crippen LogP contribution >= 0.6 is 0 Å².